The molecule has 146 valence electrons. The molecule has 1 fully saturated rings. The number of rotatable bonds is 5. The molecule has 5 heteroatoms. The van der Waals surface area contributed by atoms with Gasteiger partial charge in [0.25, 0.3) is 5.91 Å². The molecular formula is C23H25FN2O2. The Labute approximate surface area is 165 Å². The molecule has 2 atom stereocenters. The third kappa shape index (κ3) is 4.47. The van der Waals surface area contributed by atoms with E-state index in [-0.39, 0.29) is 29.6 Å². The van der Waals surface area contributed by atoms with Gasteiger partial charge >= 0.3 is 0 Å². The SMILES string of the molecule is C=CCNC(=O)[C@H]1CC[C@@H](c2cccc(C)c2)N(C(=O)c2ccc(F)cc2)C1. The second-order valence-corrected chi connectivity index (χ2v) is 7.20. The summed E-state index contributed by atoms with van der Waals surface area (Å²) >= 11 is 0. The van der Waals surface area contributed by atoms with E-state index in [0.29, 0.717) is 31.5 Å². The first-order chi connectivity index (χ1) is 13.5. The average Bonchev–Trinajstić information content (AvgIpc) is 2.71. The quantitative estimate of drug-likeness (QED) is 0.796. The molecule has 0 aliphatic carbocycles. The second kappa shape index (κ2) is 8.83. The summed E-state index contributed by atoms with van der Waals surface area (Å²) in [4.78, 5) is 27.4. The van der Waals surface area contributed by atoms with E-state index >= 15 is 0 Å². The van der Waals surface area contributed by atoms with Gasteiger partial charge in [-0.2, -0.15) is 0 Å². The summed E-state index contributed by atoms with van der Waals surface area (Å²) < 4.78 is 13.3. The number of halogens is 1. The molecule has 0 bridgehead atoms. The first kappa shape index (κ1) is 19.8. The monoisotopic (exact) mass is 380 g/mol. The van der Waals surface area contributed by atoms with Gasteiger partial charge in [-0.3, -0.25) is 9.59 Å². The van der Waals surface area contributed by atoms with Gasteiger partial charge in [0.1, 0.15) is 5.82 Å². The summed E-state index contributed by atoms with van der Waals surface area (Å²) in [5, 5.41) is 2.83. The molecule has 0 aromatic heterocycles. The lowest BCUT2D eigenvalue weighted by molar-refractivity contribution is -0.126. The standard InChI is InChI=1S/C23H25FN2O2/c1-3-13-25-22(27)19-9-12-21(18-6-4-5-16(2)14-18)26(15-19)23(28)17-7-10-20(24)11-8-17/h3-8,10-11,14,19,21H,1,9,12-13,15H2,2H3,(H,25,27)/t19-,21-/m0/s1. The molecular weight excluding hydrogens is 355 g/mol. The van der Waals surface area contributed by atoms with Crippen molar-refractivity contribution in [2.45, 2.75) is 25.8 Å². The van der Waals surface area contributed by atoms with Crippen LogP contribution in [0.3, 0.4) is 0 Å². The number of likely N-dealkylation sites (tertiary alicyclic amines) is 1. The van der Waals surface area contributed by atoms with Gasteiger partial charge in [-0.25, -0.2) is 4.39 Å². The van der Waals surface area contributed by atoms with Crippen LogP contribution in [0, 0.1) is 18.7 Å². The van der Waals surface area contributed by atoms with E-state index in [4.69, 9.17) is 0 Å². The summed E-state index contributed by atoms with van der Waals surface area (Å²) in [6.07, 6.45) is 3.04. The van der Waals surface area contributed by atoms with Crippen molar-refractivity contribution < 1.29 is 14.0 Å². The van der Waals surface area contributed by atoms with Crippen LogP contribution >= 0.6 is 0 Å². The number of carbonyl (C=O) groups is 2. The van der Waals surface area contributed by atoms with Crippen LogP contribution in [-0.4, -0.2) is 29.8 Å². The largest absolute Gasteiger partial charge is 0.352 e. The number of nitrogens with one attached hydrogen (secondary N) is 1. The van der Waals surface area contributed by atoms with Crippen LogP contribution in [0.5, 0.6) is 0 Å². The van der Waals surface area contributed by atoms with Crippen molar-refractivity contribution in [1.82, 2.24) is 10.2 Å². The van der Waals surface area contributed by atoms with E-state index < -0.39 is 0 Å². The van der Waals surface area contributed by atoms with Crippen molar-refractivity contribution in [3.8, 4) is 0 Å². The highest BCUT2D eigenvalue weighted by Gasteiger charge is 2.35. The van der Waals surface area contributed by atoms with E-state index in [0.717, 1.165) is 11.1 Å². The number of hydrogen-bond donors (Lipinski definition) is 1. The minimum absolute atomic E-state index is 0.0699. The molecule has 1 aliphatic rings. The molecule has 2 aromatic rings. The number of piperidine rings is 1. The molecule has 0 radical (unpaired) electrons. The van der Waals surface area contributed by atoms with E-state index in [2.05, 4.69) is 18.0 Å². The summed E-state index contributed by atoms with van der Waals surface area (Å²) in [5.74, 6) is -0.912. The molecule has 4 nitrogen and oxygen atoms in total. The van der Waals surface area contributed by atoms with Gasteiger partial charge in [-0.15, -0.1) is 6.58 Å². The number of aryl methyl sites for hydroxylation is 1. The molecule has 2 amide bonds. The van der Waals surface area contributed by atoms with Crippen LogP contribution in [0.15, 0.2) is 61.2 Å². The van der Waals surface area contributed by atoms with Crippen LogP contribution in [0.1, 0.15) is 40.4 Å². The molecule has 1 aliphatic heterocycles. The van der Waals surface area contributed by atoms with Gasteiger partial charge in [0, 0.05) is 18.7 Å². The Bertz CT molecular complexity index is 863. The van der Waals surface area contributed by atoms with Crippen LogP contribution < -0.4 is 5.32 Å². The fourth-order valence-electron chi connectivity index (χ4n) is 3.71. The molecule has 2 aromatic carbocycles. The lowest BCUT2D eigenvalue weighted by Crippen LogP contribution is -2.47. The van der Waals surface area contributed by atoms with E-state index in [1.807, 2.05) is 25.1 Å². The number of carbonyl (C=O) groups excluding carboxylic acids is 2. The number of nitrogens with zero attached hydrogens (tertiary/aromatic N) is 1. The van der Waals surface area contributed by atoms with Gasteiger partial charge < -0.3 is 10.2 Å². The first-order valence-electron chi connectivity index (χ1n) is 9.51. The number of benzene rings is 2. The molecule has 1 N–H and O–H groups in total. The zero-order valence-corrected chi connectivity index (χ0v) is 16.0. The third-order valence-electron chi connectivity index (χ3n) is 5.15. The Morgan fingerprint density at radius 3 is 2.64 bits per heavy atom. The molecule has 0 spiro atoms. The molecule has 0 unspecified atom stereocenters. The minimum atomic E-state index is -0.382. The molecule has 1 saturated heterocycles. The Morgan fingerprint density at radius 1 is 1.21 bits per heavy atom. The maximum atomic E-state index is 13.3. The zero-order chi connectivity index (χ0) is 20.1. The highest BCUT2D eigenvalue weighted by atomic mass is 19.1. The lowest BCUT2D eigenvalue weighted by Gasteiger charge is -2.39. The second-order valence-electron chi connectivity index (χ2n) is 7.20. The minimum Gasteiger partial charge on any atom is -0.352 e. The van der Waals surface area contributed by atoms with E-state index in [1.165, 1.54) is 24.3 Å². The highest BCUT2D eigenvalue weighted by Crippen LogP contribution is 2.35. The van der Waals surface area contributed by atoms with Crippen LogP contribution in [-0.2, 0) is 4.79 Å². The van der Waals surface area contributed by atoms with Crippen molar-refractivity contribution >= 4 is 11.8 Å². The lowest BCUT2D eigenvalue weighted by atomic mass is 9.87. The molecule has 3 rings (SSSR count). The fourth-order valence-corrected chi connectivity index (χ4v) is 3.71. The Hall–Kier alpha value is -2.95. The van der Waals surface area contributed by atoms with Crippen molar-refractivity contribution in [3.63, 3.8) is 0 Å². The Kier molecular flexibility index (Phi) is 6.24. The van der Waals surface area contributed by atoms with Crippen molar-refractivity contribution in [2.75, 3.05) is 13.1 Å². The van der Waals surface area contributed by atoms with Crippen LogP contribution in [0.25, 0.3) is 0 Å². The Balaban J connectivity index is 1.89. The summed E-state index contributed by atoms with van der Waals surface area (Å²) in [5.41, 5.74) is 2.60. The van der Waals surface area contributed by atoms with E-state index in [1.54, 1.807) is 11.0 Å². The number of hydrogen-bond acceptors (Lipinski definition) is 2. The fraction of sp³-hybridized carbons (Fsp3) is 0.304. The van der Waals surface area contributed by atoms with Gasteiger partial charge in [-0.1, -0.05) is 35.9 Å². The molecule has 0 saturated carbocycles. The van der Waals surface area contributed by atoms with Gasteiger partial charge in [0.2, 0.25) is 5.91 Å². The van der Waals surface area contributed by atoms with Crippen LogP contribution in [0.2, 0.25) is 0 Å². The summed E-state index contributed by atoms with van der Waals surface area (Å²) in [7, 11) is 0. The van der Waals surface area contributed by atoms with Crippen molar-refractivity contribution in [2.24, 2.45) is 5.92 Å². The predicted molar refractivity (Wildman–Crippen MR) is 107 cm³/mol. The predicted octanol–water partition coefficient (Wildman–Crippen LogP) is 4.03. The van der Waals surface area contributed by atoms with Gasteiger partial charge in [-0.05, 0) is 49.6 Å². The number of amides is 2. The maximum absolute atomic E-state index is 13.3. The highest BCUT2D eigenvalue weighted by molar-refractivity contribution is 5.95. The smallest absolute Gasteiger partial charge is 0.254 e. The third-order valence-corrected chi connectivity index (χ3v) is 5.15. The normalized spacial score (nSPS) is 19.1. The van der Waals surface area contributed by atoms with Gasteiger partial charge in [0.05, 0.1) is 12.0 Å². The van der Waals surface area contributed by atoms with Gasteiger partial charge in [0.15, 0.2) is 0 Å². The zero-order valence-electron chi connectivity index (χ0n) is 16.0. The van der Waals surface area contributed by atoms with Crippen LogP contribution in [0.4, 0.5) is 4.39 Å². The molecule has 28 heavy (non-hydrogen) atoms. The van der Waals surface area contributed by atoms with E-state index in [9.17, 15) is 14.0 Å². The van der Waals surface area contributed by atoms with Crippen molar-refractivity contribution in [3.05, 3.63) is 83.7 Å². The van der Waals surface area contributed by atoms with Crippen molar-refractivity contribution in [1.29, 1.82) is 0 Å². The molecule has 1 heterocycles. The maximum Gasteiger partial charge on any atom is 0.254 e. The summed E-state index contributed by atoms with van der Waals surface area (Å²) in [6, 6.07) is 13.5. The average molecular weight is 380 g/mol. The first-order valence-corrected chi connectivity index (χ1v) is 9.51. The topological polar surface area (TPSA) is 49.4 Å². The Morgan fingerprint density at radius 2 is 1.96 bits per heavy atom. The summed E-state index contributed by atoms with van der Waals surface area (Å²) in [6.45, 7) is 6.37.